The Kier molecular flexibility index (Phi) is 4.91. The molecular weight excluding hydrogens is 362 g/mol. The monoisotopic (exact) mass is 385 g/mol. The fourth-order valence-corrected chi connectivity index (χ4v) is 4.08. The van der Waals surface area contributed by atoms with Crippen LogP contribution in [0.3, 0.4) is 0 Å². The van der Waals surface area contributed by atoms with Gasteiger partial charge in [0.1, 0.15) is 5.75 Å². The Labute approximate surface area is 163 Å². The number of ether oxygens (including phenoxy) is 3. The minimum absolute atomic E-state index is 0.217. The molecule has 0 atom stereocenters. The summed E-state index contributed by atoms with van der Waals surface area (Å²) >= 11 is 1.60. The summed E-state index contributed by atoms with van der Waals surface area (Å²) in [6.45, 7) is 0. The number of hydrogen-bond acceptors (Lipinski definition) is 5. The van der Waals surface area contributed by atoms with E-state index in [1.54, 1.807) is 24.9 Å². The predicted molar refractivity (Wildman–Crippen MR) is 106 cm³/mol. The smallest absolute Gasteiger partial charge is 0.259 e. The SMILES string of the molecule is COc1cc(SC)ccc1C(=O)Nc1ccc2c(c1)OC1(CCCCC1)O2. The number of rotatable bonds is 4. The topological polar surface area (TPSA) is 56.8 Å². The van der Waals surface area contributed by atoms with E-state index in [1.807, 2.05) is 36.6 Å². The lowest BCUT2D eigenvalue weighted by atomic mass is 9.94. The molecule has 1 fully saturated rings. The third kappa shape index (κ3) is 3.58. The van der Waals surface area contributed by atoms with Crippen molar-refractivity contribution < 1.29 is 19.0 Å². The second-order valence-corrected chi connectivity index (χ2v) is 7.74. The quantitative estimate of drug-likeness (QED) is 0.742. The van der Waals surface area contributed by atoms with E-state index < -0.39 is 5.79 Å². The van der Waals surface area contributed by atoms with Crippen molar-refractivity contribution in [1.82, 2.24) is 0 Å². The van der Waals surface area contributed by atoms with Gasteiger partial charge in [0.2, 0.25) is 0 Å². The van der Waals surface area contributed by atoms with Crippen LogP contribution in [0, 0.1) is 0 Å². The molecule has 0 radical (unpaired) electrons. The second kappa shape index (κ2) is 7.35. The van der Waals surface area contributed by atoms with Crippen LogP contribution in [-0.4, -0.2) is 25.1 Å². The van der Waals surface area contributed by atoms with Crippen LogP contribution in [0.2, 0.25) is 0 Å². The fraction of sp³-hybridized carbons (Fsp3) is 0.381. The molecule has 1 heterocycles. The Bertz CT molecular complexity index is 861. The molecule has 27 heavy (non-hydrogen) atoms. The van der Waals surface area contributed by atoms with Crippen molar-refractivity contribution in [2.75, 3.05) is 18.7 Å². The molecule has 1 saturated carbocycles. The number of methoxy groups -OCH3 is 1. The normalized spacial score (nSPS) is 17.0. The molecular formula is C21H23NO4S. The van der Waals surface area contributed by atoms with Crippen molar-refractivity contribution >= 4 is 23.4 Å². The number of carbonyl (C=O) groups excluding carboxylic acids is 1. The van der Waals surface area contributed by atoms with Gasteiger partial charge in [0.05, 0.1) is 12.7 Å². The summed E-state index contributed by atoms with van der Waals surface area (Å²) in [4.78, 5) is 13.8. The van der Waals surface area contributed by atoms with Gasteiger partial charge in [-0.15, -0.1) is 11.8 Å². The van der Waals surface area contributed by atoms with Crippen molar-refractivity contribution in [3.63, 3.8) is 0 Å². The molecule has 2 aromatic rings. The van der Waals surface area contributed by atoms with Gasteiger partial charge in [-0.05, 0) is 49.4 Å². The Hall–Kier alpha value is -2.34. The standard InChI is InChI=1S/C21H23NO4S/c1-24-18-13-15(27-2)7-8-16(18)20(23)22-14-6-9-17-19(12-14)26-21(25-17)10-4-3-5-11-21/h6-9,12-13H,3-5,10-11H2,1-2H3,(H,22,23). The number of amides is 1. The van der Waals surface area contributed by atoms with Gasteiger partial charge in [-0.3, -0.25) is 4.79 Å². The van der Waals surface area contributed by atoms with Crippen molar-refractivity contribution in [2.24, 2.45) is 0 Å². The number of thioether (sulfide) groups is 1. The zero-order chi connectivity index (χ0) is 18.9. The van der Waals surface area contributed by atoms with E-state index in [0.717, 1.165) is 36.3 Å². The van der Waals surface area contributed by atoms with Crippen LogP contribution in [-0.2, 0) is 0 Å². The maximum Gasteiger partial charge on any atom is 0.259 e. The average molecular weight is 385 g/mol. The van der Waals surface area contributed by atoms with E-state index in [-0.39, 0.29) is 5.91 Å². The van der Waals surface area contributed by atoms with Gasteiger partial charge in [-0.2, -0.15) is 0 Å². The first-order valence-electron chi connectivity index (χ1n) is 9.18. The van der Waals surface area contributed by atoms with E-state index >= 15 is 0 Å². The molecule has 142 valence electrons. The van der Waals surface area contributed by atoms with Crippen LogP contribution in [0.4, 0.5) is 5.69 Å². The molecule has 2 aromatic carbocycles. The Morgan fingerprint density at radius 3 is 2.59 bits per heavy atom. The van der Waals surface area contributed by atoms with Crippen LogP contribution >= 0.6 is 11.8 Å². The zero-order valence-electron chi connectivity index (χ0n) is 15.5. The summed E-state index contributed by atoms with van der Waals surface area (Å²) in [6, 6.07) is 11.1. The van der Waals surface area contributed by atoms with E-state index in [2.05, 4.69) is 5.32 Å². The Balaban J connectivity index is 1.52. The lowest BCUT2D eigenvalue weighted by molar-refractivity contribution is -0.105. The highest BCUT2D eigenvalue weighted by molar-refractivity contribution is 7.98. The van der Waals surface area contributed by atoms with Crippen molar-refractivity contribution in [3.8, 4) is 17.2 Å². The molecule has 2 aliphatic rings. The molecule has 1 amide bonds. The minimum Gasteiger partial charge on any atom is -0.496 e. The molecule has 1 aliphatic heterocycles. The second-order valence-electron chi connectivity index (χ2n) is 6.86. The molecule has 1 aliphatic carbocycles. The Morgan fingerprint density at radius 1 is 1.07 bits per heavy atom. The number of nitrogens with one attached hydrogen (secondary N) is 1. The van der Waals surface area contributed by atoms with Crippen LogP contribution in [0.25, 0.3) is 0 Å². The van der Waals surface area contributed by atoms with Gasteiger partial charge in [-0.1, -0.05) is 6.42 Å². The average Bonchev–Trinajstić information content (AvgIpc) is 3.04. The van der Waals surface area contributed by atoms with Crippen LogP contribution in [0.1, 0.15) is 42.5 Å². The number of benzene rings is 2. The molecule has 0 aromatic heterocycles. The highest BCUT2D eigenvalue weighted by Crippen LogP contribution is 2.46. The van der Waals surface area contributed by atoms with E-state index in [4.69, 9.17) is 14.2 Å². The first kappa shape index (κ1) is 18.0. The molecule has 5 nitrogen and oxygen atoms in total. The van der Waals surface area contributed by atoms with E-state index in [1.165, 1.54) is 6.42 Å². The lowest BCUT2D eigenvalue weighted by Crippen LogP contribution is -2.40. The summed E-state index contributed by atoms with van der Waals surface area (Å²) in [7, 11) is 1.57. The van der Waals surface area contributed by atoms with Gasteiger partial charge in [0.25, 0.3) is 11.7 Å². The van der Waals surface area contributed by atoms with Gasteiger partial charge in [-0.25, -0.2) is 0 Å². The molecule has 6 heteroatoms. The maximum absolute atomic E-state index is 12.7. The molecule has 0 bridgehead atoms. The van der Waals surface area contributed by atoms with Crippen LogP contribution < -0.4 is 19.5 Å². The lowest BCUT2D eigenvalue weighted by Gasteiger charge is -2.31. The van der Waals surface area contributed by atoms with Crippen molar-refractivity contribution in [1.29, 1.82) is 0 Å². The van der Waals surface area contributed by atoms with Crippen molar-refractivity contribution in [3.05, 3.63) is 42.0 Å². The third-order valence-electron chi connectivity index (χ3n) is 5.06. The highest BCUT2D eigenvalue weighted by Gasteiger charge is 2.42. The van der Waals surface area contributed by atoms with Crippen LogP contribution in [0.5, 0.6) is 17.2 Å². The molecule has 0 unspecified atom stereocenters. The van der Waals surface area contributed by atoms with Crippen molar-refractivity contribution in [2.45, 2.75) is 42.8 Å². The van der Waals surface area contributed by atoms with Gasteiger partial charge >= 0.3 is 0 Å². The number of anilines is 1. The first-order chi connectivity index (χ1) is 13.1. The number of hydrogen-bond donors (Lipinski definition) is 1. The molecule has 0 saturated heterocycles. The number of carbonyl (C=O) groups is 1. The summed E-state index contributed by atoms with van der Waals surface area (Å²) in [5, 5.41) is 2.93. The molecule has 1 N–H and O–H groups in total. The van der Waals surface area contributed by atoms with Gasteiger partial charge in [0.15, 0.2) is 11.5 Å². The summed E-state index contributed by atoms with van der Waals surface area (Å²) in [5.41, 5.74) is 1.17. The predicted octanol–water partition coefficient (Wildman–Crippen LogP) is 5.10. The van der Waals surface area contributed by atoms with Crippen LogP contribution in [0.15, 0.2) is 41.3 Å². The summed E-state index contributed by atoms with van der Waals surface area (Å²) < 4.78 is 17.6. The molecule has 1 spiro atoms. The third-order valence-corrected chi connectivity index (χ3v) is 5.79. The first-order valence-corrected chi connectivity index (χ1v) is 10.4. The van der Waals surface area contributed by atoms with Gasteiger partial charge in [0, 0.05) is 29.5 Å². The largest absolute Gasteiger partial charge is 0.496 e. The molecule has 4 rings (SSSR count). The van der Waals surface area contributed by atoms with E-state index in [0.29, 0.717) is 22.7 Å². The fourth-order valence-electron chi connectivity index (χ4n) is 3.65. The van der Waals surface area contributed by atoms with Gasteiger partial charge < -0.3 is 19.5 Å². The van der Waals surface area contributed by atoms with E-state index in [9.17, 15) is 4.79 Å². The number of fused-ring (bicyclic) bond motifs is 1. The minimum atomic E-state index is -0.514. The maximum atomic E-state index is 12.7. The Morgan fingerprint density at radius 2 is 1.85 bits per heavy atom. The summed E-state index contributed by atoms with van der Waals surface area (Å²) in [6.07, 6.45) is 7.25. The zero-order valence-corrected chi connectivity index (χ0v) is 16.4. The highest BCUT2D eigenvalue weighted by atomic mass is 32.2. The summed E-state index contributed by atoms with van der Waals surface area (Å²) in [5.74, 6) is 1.27.